The summed E-state index contributed by atoms with van der Waals surface area (Å²) in [5, 5.41) is 13.7. The zero-order valence-electron chi connectivity index (χ0n) is 16.4. The van der Waals surface area contributed by atoms with E-state index < -0.39 is 0 Å². The molecule has 27 heavy (non-hydrogen) atoms. The Balaban J connectivity index is 0.00000261. The Morgan fingerprint density at radius 1 is 1.07 bits per heavy atom. The normalized spacial score (nSPS) is 11.3. The van der Waals surface area contributed by atoms with Gasteiger partial charge >= 0.3 is 0 Å². The molecule has 0 aliphatic carbocycles. The maximum atomic E-state index is 4.74. The van der Waals surface area contributed by atoms with Gasteiger partial charge in [0.2, 0.25) is 0 Å². The van der Waals surface area contributed by atoms with E-state index in [0.717, 1.165) is 24.7 Å². The second-order valence-corrected chi connectivity index (χ2v) is 6.50. The number of rotatable bonds is 5. The third-order valence-corrected chi connectivity index (χ3v) is 4.67. The molecule has 0 atom stereocenters. The van der Waals surface area contributed by atoms with Crippen LogP contribution in [0.3, 0.4) is 0 Å². The predicted octanol–water partition coefficient (Wildman–Crippen LogP) is 4.06. The molecule has 0 aliphatic heterocycles. The Hall–Kier alpha value is -2.09. The van der Waals surface area contributed by atoms with Crippen molar-refractivity contribution in [2.75, 3.05) is 6.54 Å². The molecule has 0 aliphatic rings. The molecule has 6 heteroatoms. The molecule has 2 N–H and O–H groups in total. The molecule has 2 aromatic carbocycles. The maximum Gasteiger partial charge on any atom is 0.191 e. The number of fused-ring (bicyclic) bond motifs is 1. The summed E-state index contributed by atoms with van der Waals surface area (Å²) in [5.41, 5.74) is 4.67. The van der Waals surface area contributed by atoms with Crippen LogP contribution in [0, 0.1) is 13.8 Å². The fraction of sp³-hybridized carbons (Fsp3) is 0.333. The first-order valence-electron chi connectivity index (χ1n) is 9.07. The van der Waals surface area contributed by atoms with Crippen molar-refractivity contribution in [1.29, 1.82) is 0 Å². The lowest BCUT2D eigenvalue weighted by atomic mass is 10.1. The van der Waals surface area contributed by atoms with E-state index in [1.807, 2.05) is 18.7 Å². The van der Waals surface area contributed by atoms with Gasteiger partial charge in [-0.1, -0.05) is 36.4 Å². The highest BCUT2D eigenvalue weighted by Crippen LogP contribution is 2.16. The number of nitrogens with zero attached hydrogens (tertiary/aromatic N) is 3. The molecule has 0 saturated heterocycles. The molecule has 0 unspecified atom stereocenters. The number of hydrogen-bond donors (Lipinski definition) is 2. The van der Waals surface area contributed by atoms with E-state index in [9.17, 15) is 0 Å². The fourth-order valence-corrected chi connectivity index (χ4v) is 3.09. The average Bonchev–Trinajstić information content (AvgIpc) is 2.89. The molecule has 0 bridgehead atoms. The van der Waals surface area contributed by atoms with Crippen molar-refractivity contribution in [2.24, 2.45) is 12.0 Å². The van der Waals surface area contributed by atoms with E-state index in [0.29, 0.717) is 6.54 Å². The highest BCUT2D eigenvalue weighted by molar-refractivity contribution is 14.0. The Bertz CT molecular complexity index is 929. The third kappa shape index (κ3) is 5.22. The quantitative estimate of drug-likeness (QED) is 0.331. The number of guanidine groups is 1. The Kier molecular flexibility index (Phi) is 7.65. The summed E-state index contributed by atoms with van der Waals surface area (Å²) >= 11 is 0. The number of aromatic nitrogens is 2. The molecule has 1 aromatic heterocycles. The molecule has 3 aromatic rings. The Labute approximate surface area is 178 Å². The summed E-state index contributed by atoms with van der Waals surface area (Å²) in [4.78, 5) is 4.74. The molecule has 5 nitrogen and oxygen atoms in total. The summed E-state index contributed by atoms with van der Waals surface area (Å²) in [6.45, 7) is 8.40. The van der Waals surface area contributed by atoms with Gasteiger partial charge < -0.3 is 10.6 Å². The molecule has 144 valence electrons. The summed E-state index contributed by atoms with van der Waals surface area (Å²) in [5.74, 6) is 0.823. The predicted molar refractivity (Wildman–Crippen MR) is 124 cm³/mol. The first kappa shape index (κ1) is 21.2. The number of aryl methyl sites for hydroxylation is 2. The molecule has 0 spiro atoms. The number of aliphatic imine (C=N–C) groups is 1. The SMILES string of the molecule is CCNC(=NCc1ccc2ccccc2c1)NCc1c(C)nn(C)c1C.I. The van der Waals surface area contributed by atoms with E-state index in [1.54, 1.807) is 0 Å². The van der Waals surface area contributed by atoms with Gasteiger partial charge in [0.1, 0.15) is 0 Å². The zero-order valence-corrected chi connectivity index (χ0v) is 18.7. The summed E-state index contributed by atoms with van der Waals surface area (Å²) < 4.78 is 1.92. The van der Waals surface area contributed by atoms with Crippen molar-refractivity contribution in [1.82, 2.24) is 20.4 Å². The molecule has 0 amide bonds. The Morgan fingerprint density at radius 2 is 1.81 bits per heavy atom. The minimum absolute atomic E-state index is 0. The topological polar surface area (TPSA) is 54.2 Å². The van der Waals surface area contributed by atoms with Crippen LogP contribution >= 0.6 is 24.0 Å². The van der Waals surface area contributed by atoms with Crippen molar-refractivity contribution < 1.29 is 0 Å². The Morgan fingerprint density at radius 3 is 2.48 bits per heavy atom. The number of nitrogens with one attached hydrogen (secondary N) is 2. The minimum atomic E-state index is 0. The highest BCUT2D eigenvalue weighted by Gasteiger charge is 2.09. The van der Waals surface area contributed by atoms with E-state index in [-0.39, 0.29) is 24.0 Å². The highest BCUT2D eigenvalue weighted by atomic mass is 127. The van der Waals surface area contributed by atoms with Crippen molar-refractivity contribution in [2.45, 2.75) is 33.9 Å². The van der Waals surface area contributed by atoms with Crippen molar-refractivity contribution in [3.63, 3.8) is 0 Å². The fourth-order valence-electron chi connectivity index (χ4n) is 3.09. The molecule has 3 rings (SSSR count). The first-order valence-corrected chi connectivity index (χ1v) is 9.07. The molecule has 0 fully saturated rings. The first-order chi connectivity index (χ1) is 12.6. The number of hydrogen-bond acceptors (Lipinski definition) is 2. The van der Waals surface area contributed by atoms with Gasteiger partial charge in [0.05, 0.1) is 12.2 Å². The van der Waals surface area contributed by atoms with Gasteiger partial charge in [-0.15, -0.1) is 24.0 Å². The van der Waals surface area contributed by atoms with Crippen LogP contribution in [0.25, 0.3) is 10.8 Å². The van der Waals surface area contributed by atoms with Gasteiger partial charge in [-0.25, -0.2) is 4.99 Å². The van der Waals surface area contributed by atoms with Crippen molar-refractivity contribution in [3.05, 3.63) is 65.0 Å². The third-order valence-electron chi connectivity index (χ3n) is 4.67. The number of halogens is 1. The lowest BCUT2D eigenvalue weighted by Crippen LogP contribution is -2.37. The van der Waals surface area contributed by atoms with Crippen LogP contribution < -0.4 is 10.6 Å². The lowest BCUT2D eigenvalue weighted by molar-refractivity contribution is 0.728. The van der Waals surface area contributed by atoms with E-state index >= 15 is 0 Å². The van der Waals surface area contributed by atoms with Gasteiger partial charge in [0.15, 0.2) is 5.96 Å². The van der Waals surface area contributed by atoms with Gasteiger partial charge in [-0.3, -0.25) is 4.68 Å². The minimum Gasteiger partial charge on any atom is -0.357 e. The molecule has 1 heterocycles. The van der Waals surface area contributed by atoms with Gasteiger partial charge in [-0.2, -0.15) is 5.10 Å². The standard InChI is InChI=1S/C21H27N5.HI/c1-5-22-21(24-14-20-15(2)25-26(4)16(20)3)23-13-17-10-11-18-8-6-7-9-19(18)12-17;/h6-12H,5,13-14H2,1-4H3,(H2,22,23,24);1H. The average molecular weight is 477 g/mol. The van der Waals surface area contributed by atoms with Crippen LogP contribution in [0.1, 0.15) is 29.4 Å². The second-order valence-electron chi connectivity index (χ2n) is 6.50. The van der Waals surface area contributed by atoms with E-state index in [4.69, 9.17) is 4.99 Å². The van der Waals surface area contributed by atoms with Gasteiger partial charge in [0, 0.05) is 31.4 Å². The lowest BCUT2D eigenvalue weighted by Gasteiger charge is -2.12. The van der Waals surface area contributed by atoms with Gasteiger partial charge in [-0.05, 0) is 43.2 Å². The number of benzene rings is 2. The smallest absolute Gasteiger partial charge is 0.191 e. The van der Waals surface area contributed by atoms with Crippen molar-refractivity contribution in [3.8, 4) is 0 Å². The molecular weight excluding hydrogens is 449 g/mol. The van der Waals surface area contributed by atoms with Crippen LogP contribution in [0.5, 0.6) is 0 Å². The monoisotopic (exact) mass is 477 g/mol. The van der Waals surface area contributed by atoms with Gasteiger partial charge in [0.25, 0.3) is 0 Å². The van der Waals surface area contributed by atoms with Crippen LogP contribution in [0.4, 0.5) is 0 Å². The second kappa shape index (κ2) is 9.73. The summed E-state index contributed by atoms with van der Waals surface area (Å²) in [7, 11) is 1.98. The van der Waals surface area contributed by atoms with E-state index in [2.05, 4.69) is 72.0 Å². The van der Waals surface area contributed by atoms with Crippen LogP contribution in [0.15, 0.2) is 47.5 Å². The van der Waals surface area contributed by atoms with E-state index in [1.165, 1.54) is 27.6 Å². The van der Waals surface area contributed by atoms with Crippen LogP contribution in [-0.2, 0) is 20.1 Å². The molecule has 0 saturated carbocycles. The summed E-state index contributed by atoms with van der Waals surface area (Å²) in [6, 6.07) is 14.9. The summed E-state index contributed by atoms with van der Waals surface area (Å²) in [6.07, 6.45) is 0. The van der Waals surface area contributed by atoms with Crippen LogP contribution in [-0.4, -0.2) is 22.3 Å². The van der Waals surface area contributed by atoms with Crippen LogP contribution in [0.2, 0.25) is 0 Å². The molecule has 0 radical (unpaired) electrons. The largest absolute Gasteiger partial charge is 0.357 e. The molecular formula is C21H28IN5. The van der Waals surface area contributed by atoms with Crippen molar-refractivity contribution >= 4 is 40.7 Å². The zero-order chi connectivity index (χ0) is 18.5. The maximum absolute atomic E-state index is 4.74.